The molecule has 0 aliphatic carbocycles. The van der Waals surface area contributed by atoms with E-state index in [1.54, 1.807) is 0 Å². The van der Waals surface area contributed by atoms with Crippen LogP contribution < -0.4 is 14.8 Å². The van der Waals surface area contributed by atoms with Crippen LogP contribution in [0.4, 0.5) is 0 Å². The molecule has 2 aromatic rings. The number of nitrogens with zero attached hydrogens (tertiary/aromatic N) is 1. The second-order valence-corrected chi connectivity index (χ2v) is 10.0. The molecule has 0 bridgehead atoms. The average molecular weight is 465 g/mol. The van der Waals surface area contributed by atoms with E-state index in [2.05, 4.69) is 52.7 Å². The molecule has 2 fully saturated rings. The summed E-state index contributed by atoms with van der Waals surface area (Å²) in [4.78, 5) is 15.3. The number of hydrogen-bond donors (Lipinski definition) is 1. The van der Waals surface area contributed by atoms with E-state index in [0.717, 1.165) is 76.5 Å². The Labute approximate surface area is 202 Å². The predicted molar refractivity (Wildman–Crippen MR) is 131 cm³/mol. The third-order valence-corrected chi connectivity index (χ3v) is 7.85. The van der Waals surface area contributed by atoms with E-state index in [-0.39, 0.29) is 24.2 Å². The van der Waals surface area contributed by atoms with Crippen LogP contribution in [0.15, 0.2) is 48.5 Å². The number of fused-ring (bicyclic) bond motifs is 1. The Bertz CT molecular complexity index is 966. The van der Waals surface area contributed by atoms with E-state index in [0.29, 0.717) is 5.92 Å². The Morgan fingerprint density at radius 3 is 2.56 bits per heavy atom. The van der Waals surface area contributed by atoms with Crippen LogP contribution in [0.2, 0.25) is 0 Å². The van der Waals surface area contributed by atoms with Gasteiger partial charge in [0.25, 0.3) is 0 Å². The van der Waals surface area contributed by atoms with Crippen LogP contribution in [0.3, 0.4) is 0 Å². The van der Waals surface area contributed by atoms with Gasteiger partial charge in [-0.15, -0.1) is 0 Å². The lowest BCUT2D eigenvalue weighted by Crippen LogP contribution is -2.52. The zero-order valence-electron chi connectivity index (χ0n) is 20.1. The fourth-order valence-electron chi connectivity index (χ4n) is 5.57. The molecular weight excluding hydrogens is 428 g/mol. The number of carbonyl (C=O) groups excluding carboxylic acids is 1. The Hall–Kier alpha value is -2.57. The molecule has 1 unspecified atom stereocenters. The maximum absolute atomic E-state index is 13.2. The molecule has 182 valence electrons. The third-order valence-electron chi connectivity index (χ3n) is 7.85. The molecule has 1 amide bonds. The van der Waals surface area contributed by atoms with E-state index in [1.807, 2.05) is 13.0 Å². The van der Waals surface area contributed by atoms with Gasteiger partial charge < -0.3 is 24.4 Å². The van der Waals surface area contributed by atoms with Crippen LogP contribution in [0.25, 0.3) is 0 Å². The highest BCUT2D eigenvalue weighted by Crippen LogP contribution is 2.40. The molecule has 6 heteroatoms. The molecule has 0 spiro atoms. The van der Waals surface area contributed by atoms with Crippen LogP contribution in [0.5, 0.6) is 11.5 Å². The number of hydrogen-bond acceptors (Lipinski definition) is 5. The lowest BCUT2D eigenvalue weighted by molar-refractivity contribution is -0.134. The summed E-state index contributed by atoms with van der Waals surface area (Å²) in [5, 5.41) is 3.59. The Kier molecular flexibility index (Phi) is 7.07. The molecule has 3 heterocycles. The monoisotopic (exact) mass is 464 g/mol. The molecule has 3 aliphatic rings. The van der Waals surface area contributed by atoms with E-state index in [9.17, 15) is 4.79 Å². The molecule has 1 N–H and O–H groups in total. The summed E-state index contributed by atoms with van der Waals surface area (Å²) in [5.41, 5.74) is 2.55. The van der Waals surface area contributed by atoms with Gasteiger partial charge in [0, 0.05) is 38.3 Å². The number of benzene rings is 2. The SMILES string of the molecule is CC(NCC1(c2ccc3c(c2)OCO3)CCOCC1)C(=O)N1CCC(Cc2ccccc2)CC1. The Balaban J connectivity index is 1.17. The highest BCUT2D eigenvalue weighted by Gasteiger charge is 2.37. The van der Waals surface area contributed by atoms with E-state index < -0.39 is 0 Å². The van der Waals surface area contributed by atoms with Crippen molar-refractivity contribution in [3.05, 3.63) is 59.7 Å². The van der Waals surface area contributed by atoms with E-state index >= 15 is 0 Å². The number of carbonyl (C=O) groups is 1. The summed E-state index contributed by atoms with van der Waals surface area (Å²) in [7, 11) is 0. The number of ether oxygens (including phenoxy) is 3. The first kappa shape index (κ1) is 23.2. The quantitative estimate of drug-likeness (QED) is 0.673. The molecule has 6 nitrogen and oxygen atoms in total. The van der Waals surface area contributed by atoms with Gasteiger partial charge >= 0.3 is 0 Å². The summed E-state index contributed by atoms with van der Waals surface area (Å²) in [6.45, 7) is 6.19. The summed E-state index contributed by atoms with van der Waals surface area (Å²) in [6, 6.07) is 16.7. The summed E-state index contributed by atoms with van der Waals surface area (Å²) >= 11 is 0. The highest BCUT2D eigenvalue weighted by molar-refractivity contribution is 5.81. The van der Waals surface area contributed by atoms with Gasteiger partial charge in [0.1, 0.15) is 0 Å². The maximum atomic E-state index is 13.2. The molecule has 0 radical (unpaired) electrons. The molecule has 0 saturated carbocycles. The fraction of sp³-hybridized carbons (Fsp3) is 0.536. The normalized spacial score (nSPS) is 20.8. The molecule has 2 saturated heterocycles. The van der Waals surface area contributed by atoms with Crippen molar-refractivity contribution in [1.82, 2.24) is 10.2 Å². The first-order valence-electron chi connectivity index (χ1n) is 12.7. The lowest BCUT2D eigenvalue weighted by Gasteiger charge is -2.39. The van der Waals surface area contributed by atoms with E-state index in [1.165, 1.54) is 11.1 Å². The first-order chi connectivity index (χ1) is 16.6. The van der Waals surface area contributed by atoms with Crippen LogP contribution in [0, 0.1) is 5.92 Å². The number of amides is 1. The largest absolute Gasteiger partial charge is 0.454 e. The van der Waals surface area contributed by atoms with Gasteiger partial charge in [0.05, 0.1) is 6.04 Å². The van der Waals surface area contributed by atoms with Gasteiger partial charge in [-0.1, -0.05) is 36.4 Å². The Morgan fingerprint density at radius 1 is 1.06 bits per heavy atom. The van der Waals surface area contributed by atoms with Gasteiger partial charge in [0.15, 0.2) is 11.5 Å². The molecule has 3 aliphatic heterocycles. The summed E-state index contributed by atoms with van der Waals surface area (Å²) in [6.07, 6.45) is 5.10. The topological polar surface area (TPSA) is 60.0 Å². The minimum atomic E-state index is -0.209. The first-order valence-corrected chi connectivity index (χ1v) is 12.7. The molecule has 34 heavy (non-hydrogen) atoms. The molecule has 5 rings (SSSR count). The second kappa shape index (κ2) is 10.4. The smallest absolute Gasteiger partial charge is 0.239 e. The van der Waals surface area contributed by atoms with Crippen molar-refractivity contribution in [2.75, 3.05) is 39.6 Å². The molecular formula is C28H36N2O4. The molecule has 1 atom stereocenters. The number of piperidine rings is 1. The van der Waals surface area contributed by atoms with Crippen LogP contribution >= 0.6 is 0 Å². The number of likely N-dealkylation sites (tertiary alicyclic amines) is 1. The minimum Gasteiger partial charge on any atom is -0.454 e. The molecule has 0 aromatic heterocycles. The zero-order valence-corrected chi connectivity index (χ0v) is 20.1. The summed E-state index contributed by atoms with van der Waals surface area (Å²) < 4.78 is 16.8. The van der Waals surface area contributed by atoms with Crippen LogP contribution in [0.1, 0.15) is 43.7 Å². The van der Waals surface area contributed by atoms with Crippen molar-refractivity contribution in [3.8, 4) is 11.5 Å². The Morgan fingerprint density at radius 2 is 1.79 bits per heavy atom. The lowest BCUT2D eigenvalue weighted by atomic mass is 9.74. The van der Waals surface area contributed by atoms with Gasteiger partial charge in [0.2, 0.25) is 12.7 Å². The minimum absolute atomic E-state index is 0.0730. The summed E-state index contributed by atoms with van der Waals surface area (Å²) in [5.74, 6) is 2.49. The maximum Gasteiger partial charge on any atom is 0.239 e. The van der Waals surface area contributed by atoms with Gasteiger partial charge in [-0.2, -0.15) is 0 Å². The van der Waals surface area contributed by atoms with Crippen molar-refractivity contribution in [1.29, 1.82) is 0 Å². The van der Waals surface area contributed by atoms with Crippen LogP contribution in [-0.4, -0.2) is 56.5 Å². The third kappa shape index (κ3) is 5.08. The highest BCUT2D eigenvalue weighted by atomic mass is 16.7. The van der Waals surface area contributed by atoms with Crippen molar-refractivity contribution in [2.24, 2.45) is 5.92 Å². The second-order valence-electron chi connectivity index (χ2n) is 10.0. The number of rotatable bonds is 7. The fourth-order valence-corrected chi connectivity index (χ4v) is 5.57. The van der Waals surface area contributed by atoms with Crippen molar-refractivity contribution >= 4 is 5.91 Å². The number of nitrogens with one attached hydrogen (secondary N) is 1. The predicted octanol–water partition coefficient (Wildman–Crippen LogP) is 3.92. The van der Waals surface area contributed by atoms with Gasteiger partial charge in [-0.3, -0.25) is 4.79 Å². The van der Waals surface area contributed by atoms with Crippen molar-refractivity contribution < 1.29 is 19.0 Å². The van der Waals surface area contributed by atoms with E-state index in [4.69, 9.17) is 14.2 Å². The van der Waals surface area contributed by atoms with Crippen molar-refractivity contribution in [3.63, 3.8) is 0 Å². The van der Waals surface area contributed by atoms with Gasteiger partial charge in [-0.25, -0.2) is 0 Å². The van der Waals surface area contributed by atoms with Crippen molar-refractivity contribution in [2.45, 2.75) is 50.5 Å². The zero-order chi connectivity index (χ0) is 23.4. The van der Waals surface area contributed by atoms with Crippen LogP contribution in [-0.2, 0) is 21.4 Å². The van der Waals surface area contributed by atoms with Gasteiger partial charge in [-0.05, 0) is 68.2 Å². The average Bonchev–Trinajstić information content (AvgIpc) is 3.37. The molecule has 2 aromatic carbocycles. The standard InChI is InChI=1S/C28H36N2O4/c1-21(27(31)30-13-9-23(10-14-30)17-22-5-3-2-4-6-22)29-19-28(11-15-32-16-12-28)24-7-8-25-26(18-24)34-20-33-25/h2-8,18,21,23,29H,9-17,19-20H2,1H3.